The van der Waals surface area contributed by atoms with Crippen LogP contribution in [0.1, 0.15) is 0 Å². The van der Waals surface area contributed by atoms with Crippen molar-refractivity contribution in [3.05, 3.63) is 224 Å². The van der Waals surface area contributed by atoms with E-state index in [9.17, 15) is 0 Å². The number of rotatable bonds is 5. The van der Waals surface area contributed by atoms with E-state index in [2.05, 4.69) is 238 Å². The van der Waals surface area contributed by atoms with Crippen molar-refractivity contribution >= 4 is 125 Å². The average molecular weight is 824 g/mol. The third-order valence-corrected chi connectivity index (χ3v) is 14.3. The van der Waals surface area contributed by atoms with Crippen LogP contribution in [0.5, 0.6) is 0 Å². The van der Waals surface area contributed by atoms with Crippen LogP contribution >= 0.6 is 0 Å². The SMILES string of the molecule is c1ccc(-n2c3ccccc3c3c(-n4c5ccccc5c5cc(N(c6ccc7ccc8cccc9ccc6c7c89)c6ccc7ccc8cccc9ccc6c7c89)ccc54)cccc32)cc1. The standard InChI is InChI=1S/C62H37N3/c1-2-15-44(16-3-1)63-52-20-7-5-18-47(52)62-56(63)21-10-22-57(62)65-51-19-6-4-17-46(51)50-37-45(31-36-55(50)65)64(53-34-29-42-25-23-38-11-8-13-40-27-32-48(53)60(42)58(38)40)54-35-30-43-26-24-39-12-9-14-41-28-33-49(54)61(43)59(39)41/h1-37H. The van der Waals surface area contributed by atoms with E-state index in [4.69, 9.17) is 0 Å². The highest BCUT2D eigenvalue weighted by Crippen LogP contribution is 2.49. The van der Waals surface area contributed by atoms with Crippen molar-refractivity contribution in [2.45, 2.75) is 0 Å². The molecule has 0 N–H and O–H groups in total. The summed E-state index contributed by atoms with van der Waals surface area (Å²) in [5.41, 5.74) is 10.5. The summed E-state index contributed by atoms with van der Waals surface area (Å²) < 4.78 is 4.90. The summed E-state index contributed by atoms with van der Waals surface area (Å²) in [6.45, 7) is 0. The van der Waals surface area contributed by atoms with Crippen LogP contribution in [0.3, 0.4) is 0 Å². The molecule has 0 radical (unpaired) electrons. The zero-order valence-corrected chi connectivity index (χ0v) is 35.2. The monoisotopic (exact) mass is 823 g/mol. The molecule has 0 amide bonds. The Morgan fingerprint density at radius 1 is 0.262 bits per heavy atom. The van der Waals surface area contributed by atoms with Gasteiger partial charge in [0.25, 0.3) is 0 Å². The molecule has 3 heteroatoms. The van der Waals surface area contributed by atoms with E-state index < -0.39 is 0 Å². The third kappa shape index (κ3) is 4.74. The lowest BCUT2D eigenvalue weighted by Gasteiger charge is -2.29. The fraction of sp³-hybridized carbons (Fsp3) is 0. The quantitative estimate of drug-likeness (QED) is 0.158. The molecule has 0 atom stereocenters. The van der Waals surface area contributed by atoms with Gasteiger partial charge >= 0.3 is 0 Å². The molecule has 0 aliphatic carbocycles. The van der Waals surface area contributed by atoms with Gasteiger partial charge in [-0.25, -0.2) is 0 Å². The van der Waals surface area contributed by atoms with Gasteiger partial charge in [-0.3, -0.25) is 0 Å². The van der Waals surface area contributed by atoms with Gasteiger partial charge in [-0.15, -0.1) is 0 Å². The van der Waals surface area contributed by atoms with E-state index in [1.165, 1.54) is 114 Å². The lowest BCUT2D eigenvalue weighted by Crippen LogP contribution is -2.11. The number of nitrogens with zero attached hydrogens (tertiary/aromatic N) is 3. The van der Waals surface area contributed by atoms with Crippen LogP contribution in [-0.2, 0) is 0 Å². The number of hydrogen-bond donors (Lipinski definition) is 0. The number of fused-ring (bicyclic) bond motifs is 6. The van der Waals surface area contributed by atoms with Crippen LogP contribution < -0.4 is 4.90 Å². The average Bonchev–Trinajstić information content (AvgIpc) is 3.89. The number of aromatic nitrogens is 2. The highest BCUT2D eigenvalue weighted by atomic mass is 15.1. The highest BCUT2D eigenvalue weighted by molar-refractivity contribution is 6.29. The summed E-state index contributed by atoms with van der Waals surface area (Å²) in [6.07, 6.45) is 0. The Morgan fingerprint density at radius 3 is 1.37 bits per heavy atom. The Hall–Kier alpha value is -8.66. The number of anilines is 3. The molecular weight excluding hydrogens is 787 g/mol. The molecule has 3 nitrogen and oxygen atoms in total. The van der Waals surface area contributed by atoms with E-state index in [1.807, 2.05) is 0 Å². The second-order valence-corrected chi connectivity index (χ2v) is 17.6. The summed E-state index contributed by atoms with van der Waals surface area (Å²) >= 11 is 0. The first-order chi connectivity index (χ1) is 32.3. The van der Waals surface area contributed by atoms with Gasteiger partial charge < -0.3 is 14.0 Å². The first-order valence-electron chi connectivity index (χ1n) is 22.5. The van der Waals surface area contributed by atoms with Gasteiger partial charge in [0, 0.05) is 43.7 Å². The van der Waals surface area contributed by atoms with Crippen LogP contribution in [0.25, 0.3) is 120 Å². The van der Waals surface area contributed by atoms with Crippen LogP contribution in [0.15, 0.2) is 224 Å². The minimum Gasteiger partial charge on any atom is -0.309 e. The van der Waals surface area contributed by atoms with Gasteiger partial charge in [0.1, 0.15) is 0 Å². The summed E-state index contributed by atoms with van der Waals surface area (Å²) in [5, 5.41) is 20.2. The molecule has 2 aromatic heterocycles. The van der Waals surface area contributed by atoms with Crippen molar-refractivity contribution in [1.29, 1.82) is 0 Å². The van der Waals surface area contributed by atoms with E-state index >= 15 is 0 Å². The first-order valence-corrected chi connectivity index (χ1v) is 22.5. The molecule has 0 aliphatic rings. The maximum Gasteiger partial charge on any atom is 0.0562 e. The van der Waals surface area contributed by atoms with Gasteiger partial charge in [0.05, 0.1) is 39.1 Å². The number of para-hydroxylation sites is 3. The third-order valence-electron chi connectivity index (χ3n) is 14.3. The largest absolute Gasteiger partial charge is 0.309 e. The summed E-state index contributed by atoms with van der Waals surface area (Å²) in [4.78, 5) is 2.54. The molecule has 65 heavy (non-hydrogen) atoms. The zero-order valence-electron chi connectivity index (χ0n) is 35.2. The summed E-state index contributed by atoms with van der Waals surface area (Å²) in [6, 6.07) is 83.5. The first kappa shape index (κ1) is 34.9. The predicted octanol–water partition coefficient (Wildman–Crippen LogP) is 17.1. The predicted molar refractivity (Wildman–Crippen MR) is 277 cm³/mol. The van der Waals surface area contributed by atoms with Gasteiger partial charge in [-0.05, 0) is 121 Å². The molecule has 13 aromatic carbocycles. The van der Waals surface area contributed by atoms with Gasteiger partial charge in [-0.1, -0.05) is 158 Å². The normalized spacial score (nSPS) is 12.3. The Morgan fingerprint density at radius 2 is 0.738 bits per heavy atom. The molecule has 15 aromatic rings. The fourth-order valence-corrected chi connectivity index (χ4v) is 11.6. The molecular formula is C62H37N3. The Labute approximate surface area is 373 Å². The van der Waals surface area contributed by atoms with Crippen LogP contribution in [-0.4, -0.2) is 9.13 Å². The molecule has 300 valence electrons. The Balaban J connectivity index is 1.03. The molecule has 15 rings (SSSR count). The number of benzene rings is 13. The Bertz CT molecular complexity index is 4240. The second kappa shape index (κ2) is 12.9. The number of hydrogen-bond acceptors (Lipinski definition) is 1. The van der Waals surface area contributed by atoms with Crippen molar-refractivity contribution in [3.63, 3.8) is 0 Å². The zero-order chi connectivity index (χ0) is 42.3. The van der Waals surface area contributed by atoms with Crippen molar-refractivity contribution < 1.29 is 0 Å². The van der Waals surface area contributed by atoms with Crippen LogP contribution in [0, 0.1) is 0 Å². The van der Waals surface area contributed by atoms with E-state index in [0.717, 1.165) is 22.7 Å². The smallest absolute Gasteiger partial charge is 0.0562 e. The van der Waals surface area contributed by atoms with Crippen molar-refractivity contribution in [1.82, 2.24) is 9.13 Å². The lowest BCUT2D eigenvalue weighted by atomic mass is 9.91. The second-order valence-electron chi connectivity index (χ2n) is 17.6. The van der Waals surface area contributed by atoms with Crippen molar-refractivity contribution in [2.75, 3.05) is 4.90 Å². The molecule has 0 saturated heterocycles. The summed E-state index contributed by atoms with van der Waals surface area (Å²) in [7, 11) is 0. The molecule has 2 heterocycles. The topological polar surface area (TPSA) is 13.1 Å². The summed E-state index contributed by atoms with van der Waals surface area (Å²) in [5.74, 6) is 0. The van der Waals surface area contributed by atoms with E-state index in [0.29, 0.717) is 0 Å². The van der Waals surface area contributed by atoms with Crippen molar-refractivity contribution in [3.8, 4) is 11.4 Å². The maximum absolute atomic E-state index is 2.54. The molecule has 0 fully saturated rings. The van der Waals surface area contributed by atoms with E-state index in [-0.39, 0.29) is 0 Å². The van der Waals surface area contributed by atoms with Gasteiger partial charge in [0.15, 0.2) is 0 Å². The van der Waals surface area contributed by atoms with E-state index in [1.54, 1.807) is 0 Å². The maximum atomic E-state index is 2.54. The van der Waals surface area contributed by atoms with Gasteiger partial charge in [0.2, 0.25) is 0 Å². The van der Waals surface area contributed by atoms with Gasteiger partial charge in [-0.2, -0.15) is 0 Å². The molecule has 0 unspecified atom stereocenters. The minimum absolute atomic E-state index is 1.12. The molecule has 0 aliphatic heterocycles. The molecule has 0 bridgehead atoms. The van der Waals surface area contributed by atoms with Crippen LogP contribution in [0.2, 0.25) is 0 Å². The van der Waals surface area contributed by atoms with Crippen LogP contribution in [0.4, 0.5) is 17.1 Å². The fourth-order valence-electron chi connectivity index (χ4n) is 11.6. The molecule has 0 saturated carbocycles. The molecule has 0 spiro atoms. The lowest BCUT2D eigenvalue weighted by molar-refractivity contribution is 1.17. The highest BCUT2D eigenvalue weighted by Gasteiger charge is 2.24. The van der Waals surface area contributed by atoms with Crippen molar-refractivity contribution in [2.24, 2.45) is 0 Å². The minimum atomic E-state index is 1.12. The Kier molecular flexibility index (Phi) is 6.95.